The summed E-state index contributed by atoms with van der Waals surface area (Å²) in [6.07, 6.45) is 1.16. The van der Waals surface area contributed by atoms with Gasteiger partial charge in [0, 0.05) is 19.0 Å². The summed E-state index contributed by atoms with van der Waals surface area (Å²) >= 11 is 0. The molecule has 1 atom stereocenters. The summed E-state index contributed by atoms with van der Waals surface area (Å²) in [6.45, 7) is 2.15. The summed E-state index contributed by atoms with van der Waals surface area (Å²) < 4.78 is 26.5. The van der Waals surface area contributed by atoms with Crippen molar-refractivity contribution in [3.05, 3.63) is 35.4 Å². The Morgan fingerprint density at radius 2 is 2.11 bits per heavy atom. The summed E-state index contributed by atoms with van der Waals surface area (Å²) in [6, 6.07) is 7.33. The fraction of sp³-hybridized carbons (Fsp3) is 0.462. The highest BCUT2D eigenvalue weighted by atomic mass is 32.2. The number of benzene rings is 1. The Kier molecular flexibility index (Phi) is 4.21. The van der Waals surface area contributed by atoms with E-state index < -0.39 is 10.0 Å². The lowest BCUT2D eigenvalue weighted by Crippen LogP contribution is -2.38. The van der Waals surface area contributed by atoms with Gasteiger partial charge in [-0.15, -0.1) is 0 Å². The Labute approximate surface area is 113 Å². The van der Waals surface area contributed by atoms with Crippen LogP contribution in [-0.2, 0) is 20.6 Å². The molecule has 0 bridgehead atoms. The molecule has 104 valence electrons. The number of carbonyl (C=O) groups excluding carboxylic acids is 1. The van der Waals surface area contributed by atoms with Crippen LogP contribution < -0.4 is 10.0 Å². The highest BCUT2D eigenvalue weighted by Crippen LogP contribution is 2.11. The molecule has 2 N–H and O–H groups in total. The average molecular weight is 282 g/mol. The van der Waals surface area contributed by atoms with Crippen LogP contribution in [0, 0.1) is 6.92 Å². The molecule has 1 saturated heterocycles. The summed E-state index contributed by atoms with van der Waals surface area (Å²) in [5.74, 6) is -0.0385. The van der Waals surface area contributed by atoms with Crippen molar-refractivity contribution in [2.24, 2.45) is 0 Å². The largest absolute Gasteiger partial charge is 0.352 e. The van der Waals surface area contributed by atoms with Crippen molar-refractivity contribution in [2.45, 2.75) is 31.6 Å². The predicted octanol–water partition coefficient (Wildman–Crippen LogP) is 0.693. The van der Waals surface area contributed by atoms with Crippen molar-refractivity contribution in [1.29, 1.82) is 0 Å². The molecule has 2 rings (SSSR count). The first-order valence-electron chi connectivity index (χ1n) is 6.27. The SMILES string of the molecule is Cc1ccccc1CS(=O)(=O)NCC1CCC(=O)N1. The lowest BCUT2D eigenvalue weighted by molar-refractivity contribution is -0.119. The van der Waals surface area contributed by atoms with Crippen LogP contribution in [0.15, 0.2) is 24.3 Å². The zero-order valence-electron chi connectivity index (χ0n) is 10.8. The van der Waals surface area contributed by atoms with Crippen LogP contribution in [0.4, 0.5) is 0 Å². The normalized spacial score (nSPS) is 19.4. The van der Waals surface area contributed by atoms with Gasteiger partial charge in [-0.05, 0) is 24.5 Å². The summed E-state index contributed by atoms with van der Waals surface area (Å²) in [4.78, 5) is 11.0. The lowest BCUT2D eigenvalue weighted by Gasteiger charge is -2.12. The van der Waals surface area contributed by atoms with Gasteiger partial charge in [-0.3, -0.25) is 4.79 Å². The van der Waals surface area contributed by atoms with Crippen LogP contribution in [0.3, 0.4) is 0 Å². The molecular weight excluding hydrogens is 264 g/mol. The van der Waals surface area contributed by atoms with Gasteiger partial charge in [0.15, 0.2) is 0 Å². The molecule has 5 nitrogen and oxygen atoms in total. The van der Waals surface area contributed by atoms with Crippen LogP contribution in [0.5, 0.6) is 0 Å². The minimum atomic E-state index is -3.36. The second-order valence-electron chi connectivity index (χ2n) is 4.84. The minimum absolute atomic E-state index is 0.0110. The number of sulfonamides is 1. The zero-order chi connectivity index (χ0) is 13.9. The molecule has 1 amide bonds. The Morgan fingerprint density at radius 1 is 1.37 bits per heavy atom. The summed E-state index contributed by atoms with van der Waals surface area (Å²) in [5.41, 5.74) is 1.76. The van der Waals surface area contributed by atoms with Crippen molar-refractivity contribution >= 4 is 15.9 Å². The fourth-order valence-electron chi connectivity index (χ4n) is 2.09. The van der Waals surface area contributed by atoms with Gasteiger partial charge in [-0.1, -0.05) is 24.3 Å². The van der Waals surface area contributed by atoms with E-state index in [1.165, 1.54) is 0 Å². The van der Waals surface area contributed by atoms with Gasteiger partial charge >= 0.3 is 0 Å². The van der Waals surface area contributed by atoms with E-state index >= 15 is 0 Å². The van der Waals surface area contributed by atoms with Gasteiger partial charge in [-0.2, -0.15) is 0 Å². The first-order valence-corrected chi connectivity index (χ1v) is 7.93. The predicted molar refractivity (Wildman–Crippen MR) is 73.0 cm³/mol. The number of hydrogen-bond donors (Lipinski definition) is 2. The van der Waals surface area contributed by atoms with Crippen molar-refractivity contribution in [3.8, 4) is 0 Å². The van der Waals surface area contributed by atoms with Gasteiger partial charge in [-0.25, -0.2) is 13.1 Å². The number of amides is 1. The second-order valence-corrected chi connectivity index (χ2v) is 6.64. The molecule has 1 heterocycles. The van der Waals surface area contributed by atoms with Gasteiger partial charge in [0.25, 0.3) is 0 Å². The smallest absolute Gasteiger partial charge is 0.220 e. The van der Waals surface area contributed by atoms with Crippen LogP contribution in [0.25, 0.3) is 0 Å². The summed E-state index contributed by atoms with van der Waals surface area (Å²) in [5, 5.41) is 2.74. The quantitative estimate of drug-likeness (QED) is 0.834. The van der Waals surface area contributed by atoms with E-state index in [9.17, 15) is 13.2 Å². The molecule has 1 fully saturated rings. The van der Waals surface area contributed by atoms with Crippen LogP contribution >= 0.6 is 0 Å². The first kappa shape index (κ1) is 14.0. The van der Waals surface area contributed by atoms with E-state index in [1.807, 2.05) is 31.2 Å². The standard InChI is InChI=1S/C13H18N2O3S/c1-10-4-2-3-5-11(10)9-19(17,18)14-8-12-6-7-13(16)15-12/h2-5,12,14H,6-9H2,1H3,(H,15,16). The van der Waals surface area contributed by atoms with Crippen molar-refractivity contribution < 1.29 is 13.2 Å². The number of rotatable bonds is 5. The van der Waals surface area contributed by atoms with E-state index in [-0.39, 0.29) is 24.2 Å². The highest BCUT2D eigenvalue weighted by molar-refractivity contribution is 7.88. The van der Waals surface area contributed by atoms with E-state index in [4.69, 9.17) is 0 Å². The molecule has 6 heteroatoms. The Bertz CT molecular complexity index is 569. The zero-order valence-corrected chi connectivity index (χ0v) is 11.7. The van der Waals surface area contributed by atoms with Crippen molar-refractivity contribution in [3.63, 3.8) is 0 Å². The van der Waals surface area contributed by atoms with Crippen molar-refractivity contribution in [2.75, 3.05) is 6.54 Å². The maximum absolute atomic E-state index is 12.0. The molecule has 1 aliphatic rings. The Hall–Kier alpha value is -1.40. The maximum Gasteiger partial charge on any atom is 0.220 e. The maximum atomic E-state index is 12.0. The highest BCUT2D eigenvalue weighted by Gasteiger charge is 2.22. The third-order valence-electron chi connectivity index (χ3n) is 3.24. The molecular formula is C13H18N2O3S. The minimum Gasteiger partial charge on any atom is -0.352 e. The molecule has 0 aliphatic carbocycles. The van der Waals surface area contributed by atoms with Crippen molar-refractivity contribution in [1.82, 2.24) is 10.0 Å². The fourth-order valence-corrected chi connectivity index (χ4v) is 3.38. The van der Waals surface area contributed by atoms with E-state index in [0.29, 0.717) is 12.8 Å². The van der Waals surface area contributed by atoms with Crippen LogP contribution in [0.1, 0.15) is 24.0 Å². The third-order valence-corrected chi connectivity index (χ3v) is 4.54. The van der Waals surface area contributed by atoms with Gasteiger partial charge in [0.1, 0.15) is 0 Å². The average Bonchev–Trinajstić information content (AvgIpc) is 2.76. The molecule has 1 aliphatic heterocycles. The van der Waals surface area contributed by atoms with E-state index in [0.717, 1.165) is 11.1 Å². The number of nitrogens with one attached hydrogen (secondary N) is 2. The second kappa shape index (κ2) is 5.71. The molecule has 0 saturated carbocycles. The number of carbonyl (C=O) groups is 1. The first-order chi connectivity index (χ1) is 8.96. The Balaban J connectivity index is 1.92. The van der Waals surface area contributed by atoms with Gasteiger partial charge in [0.05, 0.1) is 5.75 Å². The molecule has 1 aromatic rings. The van der Waals surface area contributed by atoms with Gasteiger partial charge in [0.2, 0.25) is 15.9 Å². The topological polar surface area (TPSA) is 75.3 Å². The molecule has 1 aromatic carbocycles. The molecule has 1 unspecified atom stereocenters. The monoisotopic (exact) mass is 282 g/mol. The van der Waals surface area contributed by atoms with Gasteiger partial charge < -0.3 is 5.32 Å². The van der Waals surface area contributed by atoms with Crippen LogP contribution in [0.2, 0.25) is 0 Å². The lowest BCUT2D eigenvalue weighted by atomic mass is 10.1. The third kappa shape index (κ3) is 4.04. The van der Waals surface area contributed by atoms with E-state index in [1.54, 1.807) is 0 Å². The molecule has 0 aromatic heterocycles. The number of hydrogen-bond acceptors (Lipinski definition) is 3. The van der Waals surface area contributed by atoms with E-state index in [2.05, 4.69) is 10.0 Å². The van der Waals surface area contributed by atoms with Crippen LogP contribution in [-0.4, -0.2) is 26.9 Å². The number of aryl methyl sites for hydroxylation is 1. The molecule has 0 radical (unpaired) electrons. The Morgan fingerprint density at radius 3 is 2.74 bits per heavy atom. The molecule has 19 heavy (non-hydrogen) atoms. The molecule has 0 spiro atoms. The summed E-state index contributed by atoms with van der Waals surface area (Å²) in [7, 11) is -3.36.